The van der Waals surface area contributed by atoms with Crippen molar-refractivity contribution in [1.29, 1.82) is 0 Å². The molecule has 2 heterocycles. The molecule has 0 aliphatic carbocycles. The van der Waals surface area contributed by atoms with E-state index in [0.717, 1.165) is 30.7 Å². The lowest BCUT2D eigenvalue weighted by Crippen LogP contribution is -2.42. The van der Waals surface area contributed by atoms with Crippen LogP contribution in [0.15, 0.2) is 18.2 Å². The molecule has 9 nitrogen and oxygen atoms in total. The summed E-state index contributed by atoms with van der Waals surface area (Å²) < 4.78 is 66.5. The molecule has 33 heavy (non-hydrogen) atoms. The third kappa shape index (κ3) is 6.76. The van der Waals surface area contributed by atoms with Crippen LogP contribution in [0.1, 0.15) is 21.5 Å². The number of alkyl halides is 3. The highest BCUT2D eigenvalue weighted by Gasteiger charge is 2.31. The average molecular weight is 491 g/mol. The summed E-state index contributed by atoms with van der Waals surface area (Å²) in [5.41, 5.74) is 3.82. The van der Waals surface area contributed by atoms with Crippen LogP contribution < -0.4 is 21.1 Å². The highest BCUT2D eigenvalue weighted by molar-refractivity contribution is 7.11. The Bertz CT molecular complexity index is 995. The number of amides is 3. The van der Waals surface area contributed by atoms with Crippen LogP contribution in [0.25, 0.3) is 0 Å². The number of aromatic nitrogens is 1. The van der Waals surface area contributed by atoms with Gasteiger partial charge in [0, 0.05) is 31.7 Å². The molecule has 0 bridgehead atoms. The van der Waals surface area contributed by atoms with E-state index in [1.54, 1.807) is 0 Å². The van der Waals surface area contributed by atoms with E-state index in [9.17, 15) is 27.2 Å². The minimum atomic E-state index is -4.68. The second kappa shape index (κ2) is 10.8. The number of carbonyl (C=O) groups is 2. The van der Waals surface area contributed by atoms with Gasteiger partial charge in [0.2, 0.25) is 5.88 Å². The normalized spacial score (nSPS) is 14.7. The van der Waals surface area contributed by atoms with Gasteiger partial charge in [-0.15, -0.1) is 0 Å². The minimum absolute atomic E-state index is 0.0225. The number of hydrogen-bond acceptors (Lipinski definition) is 7. The summed E-state index contributed by atoms with van der Waals surface area (Å²) in [5.74, 6) is -2.34. The van der Waals surface area contributed by atoms with Crippen molar-refractivity contribution in [2.45, 2.75) is 12.8 Å². The summed E-state index contributed by atoms with van der Waals surface area (Å²) in [6.07, 6.45) is -4.68. The Morgan fingerprint density at radius 1 is 1.27 bits per heavy atom. The smallest absolute Gasteiger partial charge is 0.416 e. The third-order valence-corrected chi connectivity index (χ3v) is 5.44. The first-order chi connectivity index (χ1) is 15.6. The molecule has 14 heteroatoms. The molecular formula is C19H21F4N5O4S. The van der Waals surface area contributed by atoms with Gasteiger partial charge in [-0.2, -0.15) is 17.5 Å². The summed E-state index contributed by atoms with van der Waals surface area (Å²) in [6, 6.07) is 1.40. The van der Waals surface area contributed by atoms with E-state index >= 15 is 0 Å². The van der Waals surface area contributed by atoms with Crippen LogP contribution >= 0.6 is 11.5 Å². The summed E-state index contributed by atoms with van der Waals surface area (Å²) in [5, 5.41) is 5.14. The number of nitrogens with zero attached hydrogens (tertiary/aromatic N) is 2. The first kappa shape index (κ1) is 24.7. The number of halogens is 4. The van der Waals surface area contributed by atoms with E-state index in [1.807, 2.05) is 0 Å². The molecule has 0 radical (unpaired) electrons. The predicted molar refractivity (Wildman–Crippen MR) is 111 cm³/mol. The van der Waals surface area contributed by atoms with Crippen LogP contribution in [0.3, 0.4) is 0 Å². The van der Waals surface area contributed by atoms with Gasteiger partial charge in [-0.1, -0.05) is 6.07 Å². The van der Waals surface area contributed by atoms with Crippen LogP contribution in [-0.2, 0) is 17.5 Å². The summed E-state index contributed by atoms with van der Waals surface area (Å²) >= 11 is 0.722. The number of hydrogen-bond donors (Lipinski definition) is 3. The maximum absolute atomic E-state index is 14.0. The second-order valence-electron chi connectivity index (χ2n) is 6.98. The molecule has 3 amide bonds. The van der Waals surface area contributed by atoms with Gasteiger partial charge in [-0.05, 0) is 23.7 Å². The molecule has 0 atom stereocenters. The number of primary amides is 1. The van der Waals surface area contributed by atoms with Gasteiger partial charge < -0.3 is 20.5 Å². The molecule has 2 aromatic rings. The molecule has 0 saturated carbocycles. The molecule has 1 saturated heterocycles. The zero-order valence-electron chi connectivity index (χ0n) is 17.2. The van der Waals surface area contributed by atoms with Gasteiger partial charge in [0.1, 0.15) is 23.0 Å². The Labute approximate surface area is 190 Å². The standard InChI is InChI=1S/C19H21F4N5O4S/c20-13-9-12(19(21,22)23)2-1-11(13)10-32-16-14(15(24)29)17(33-27-16)26-18(30)25-3-4-28-5-7-31-8-6-28/h1-2,9H,3-8,10H2,(H2,24,29)(H2,25,26,30). The van der Waals surface area contributed by atoms with Crippen LogP contribution in [0.4, 0.5) is 27.4 Å². The van der Waals surface area contributed by atoms with E-state index in [1.165, 1.54) is 0 Å². The van der Waals surface area contributed by atoms with E-state index in [-0.39, 0.29) is 22.0 Å². The molecular weight excluding hydrogens is 470 g/mol. The number of rotatable bonds is 8. The molecule has 180 valence electrons. The van der Waals surface area contributed by atoms with Crippen molar-refractivity contribution in [1.82, 2.24) is 14.6 Å². The molecule has 0 spiro atoms. The lowest BCUT2D eigenvalue weighted by molar-refractivity contribution is -0.137. The Balaban J connectivity index is 1.59. The zero-order chi connectivity index (χ0) is 24.0. The number of morpholine rings is 1. The Morgan fingerprint density at radius 2 is 2.00 bits per heavy atom. The van der Waals surface area contributed by atoms with E-state index in [0.29, 0.717) is 38.4 Å². The van der Waals surface area contributed by atoms with Crippen LogP contribution in [0.5, 0.6) is 5.88 Å². The summed E-state index contributed by atoms with van der Waals surface area (Å²) in [7, 11) is 0. The fraction of sp³-hybridized carbons (Fsp3) is 0.421. The molecule has 3 rings (SSSR count). The molecule has 1 aromatic heterocycles. The molecule has 1 aliphatic heterocycles. The summed E-state index contributed by atoms with van der Waals surface area (Å²) in [6.45, 7) is 3.28. The van der Waals surface area contributed by atoms with E-state index in [4.69, 9.17) is 15.2 Å². The lowest BCUT2D eigenvalue weighted by atomic mass is 10.1. The minimum Gasteiger partial charge on any atom is -0.471 e. The SMILES string of the molecule is NC(=O)c1c(OCc2ccc(C(F)(F)F)cc2F)nsc1NC(=O)NCCN1CCOCC1. The van der Waals surface area contributed by atoms with Crippen LogP contribution in [0, 0.1) is 5.82 Å². The Kier molecular flexibility index (Phi) is 8.05. The Morgan fingerprint density at radius 3 is 2.64 bits per heavy atom. The largest absolute Gasteiger partial charge is 0.471 e. The number of anilines is 1. The van der Waals surface area contributed by atoms with Crippen molar-refractivity contribution in [3.8, 4) is 5.88 Å². The highest BCUT2D eigenvalue weighted by Crippen LogP contribution is 2.32. The van der Waals surface area contributed by atoms with Crippen molar-refractivity contribution in [3.63, 3.8) is 0 Å². The maximum atomic E-state index is 14.0. The zero-order valence-corrected chi connectivity index (χ0v) is 18.0. The first-order valence-electron chi connectivity index (χ1n) is 9.78. The fourth-order valence-corrected chi connectivity index (χ4v) is 3.70. The van der Waals surface area contributed by atoms with E-state index in [2.05, 4.69) is 19.9 Å². The van der Waals surface area contributed by atoms with Crippen LogP contribution in [0.2, 0.25) is 0 Å². The quantitative estimate of drug-likeness (QED) is 0.488. The predicted octanol–water partition coefficient (Wildman–Crippen LogP) is 2.43. The van der Waals surface area contributed by atoms with Crippen molar-refractivity contribution in [2.24, 2.45) is 5.73 Å². The van der Waals surface area contributed by atoms with Gasteiger partial charge in [-0.25, -0.2) is 9.18 Å². The first-order valence-corrected chi connectivity index (χ1v) is 10.6. The number of nitrogens with two attached hydrogens (primary N) is 1. The second-order valence-corrected chi connectivity index (χ2v) is 7.76. The molecule has 1 aromatic carbocycles. The molecule has 0 unspecified atom stereocenters. The molecule has 1 aliphatic rings. The van der Waals surface area contributed by atoms with Crippen LogP contribution in [-0.4, -0.2) is 60.6 Å². The number of carbonyl (C=O) groups excluding carboxylic acids is 2. The average Bonchev–Trinajstić information content (AvgIpc) is 3.15. The number of urea groups is 1. The van der Waals surface area contributed by atoms with Gasteiger partial charge in [0.05, 0.1) is 18.8 Å². The Hall–Kier alpha value is -2.97. The highest BCUT2D eigenvalue weighted by atomic mass is 32.1. The third-order valence-electron chi connectivity index (χ3n) is 4.70. The maximum Gasteiger partial charge on any atom is 0.416 e. The lowest BCUT2D eigenvalue weighted by Gasteiger charge is -2.26. The monoisotopic (exact) mass is 491 g/mol. The number of benzene rings is 1. The number of nitrogens with one attached hydrogen (secondary N) is 2. The number of ether oxygens (including phenoxy) is 2. The topological polar surface area (TPSA) is 119 Å². The van der Waals surface area contributed by atoms with Gasteiger partial charge in [0.25, 0.3) is 5.91 Å². The van der Waals surface area contributed by atoms with Crippen molar-refractivity contribution >= 4 is 28.5 Å². The molecule has 1 fully saturated rings. The summed E-state index contributed by atoms with van der Waals surface area (Å²) in [4.78, 5) is 26.1. The van der Waals surface area contributed by atoms with Crippen molar-refractivity contribution < 1.29 is 36.6 Å². The fourth-order valence-electron chi connectivity index (χ4n) is 2.96. The van der Waals surface area contributed by atoms with Gasteiger partial charge in [-0.3, -0.25) is 15.0 Å². The van der Waals surface area contributed by atoms with Gasteiger partial charge >= 0.3 is 12.2 Å². The van der Waals surface area contributed by atoms with Crippen molar-refractivity contribution in [3.05, 3.63) is 40.7 Å². The molecule has 4 N–H and O–H groups in total. The van der Waals surface area contributed by atoms with Crippen molar-refractivity contribution in [2.75, 3.05) is 44.7 Å². The van der Waals surface area contributed by atoms with E-state index < -0.39 is 36.1 Å². The van der Waals surface area contributed by atoms with Gasteiger partial charge in [0.15, 0.2) is 0 Å².